The van der Waals surface area contributed by atoms with Crippen molar-refractivity contribution in [2.75, 3.05) is 19.7 Å². The van der Waals surface area contributed by atoms with E-state index in [1.165, 1.54) is 18.6 Å². The maximum absolute atomic E-state index is 11.8. The lowest BCUT2D eigenvalue weighted by molar-refractivity contribution is -0.121. The fourth-order valence-corrected chi connectivity index (χ4v) is 2.40. The summed E-state index contributed by atoms with van der Waals surface area (Å²) in [6, 6.07) is -0.530. The Morgan fingerprint density at radius 3 is 2.19 bits per heavy atom. The number of hydrogen-bond donors (Lipinski definition) is 2. The number of halogens is 3. The number of alkyl halides is 3. The third-order valence-corrected chi connectivity index (χ3v) is 3.39. The number of nitrogens with zero attached hydrogens (tertiary/aromatic N) is 1. The Labute approximate surface area is 92.4 Å². The third-order valence-electron chi connectivity index (χ3n) is 1.66. The first-order valence-electron chi connectivity index (χ1n) is 4.54. The topological polar surface area (TPSA) is 69.6 Å². The molecule has 0 bridgehead atoms. The van der Waals surface area contributed by atoms with Crippen molar-refractivity contribution in [2.45, 2.75) is 26.1 Å². The number of aliphatic hydroxyl groups excluding tert-OH is 1. The van der Waals surface area contributed by atoms with Crippen LogP contribution in [-0.2, 0) is 10.2 Å². The highest BCUT2D eigenvalue weighted by Gasteiger charge is 2.32. The van der Waals surface area contributed by atoms with Crippen LogP contribution in [0.1, 0.15) is 13.8 Å². The van der Waals surface area contributed by atoms with E-state index in [0.717, 1.165) is 4.31 Å². The molecule has 0 saturated carbocycles. The minimum absolute atomic E-state index is 0.245. The second-order valence-corrected chi connectivity index (χ2v) is 5.08. The Morgan fingerprint density at radius 2 is 1.88 bits per heavy atom. The predicted molar refractivity (Wildman–Crippen MR) is 51.9 cm³/mol. The van der Waals surface area contributed by atoms with Gasteiger partial charge in [0.15, 0.2) is 0 Å². The zero-order chi connectivity index (χ0) is 13.0. The van der Waals surface area contributed by atoms with Gasteiger partial charge < -0.3 is 5.11 Å². The molecule has 9 heteroatoms. The molecule has 0 fully saturated rings. The fraction of sp³-hybridized carbons (Fsp3) is 1.00. The van der Waals surface area contributed by atoms with Gasteiger partial charge in [0.25, 0.3) is 10.2 Å². The van der Waals surface area contributed by atoms with Crippen molar-refractivity contribution in [3.8, 4) is 0 Å². The summed E-state index contributed by atoms with van der Waals surface area (Å²) in [5.41, 5.74) is 0. The molecule has 16 heavy (non-hydrogen) atoms. The van der Waals surface area contributed by atoms with Crippen molar-refractivity contribution in [3.63, 3.8) is 0 Å². The Bertz CT molecular complexity index is 302. The molecule has 0 amide bonds. The summed E-state index contributed by atoms with van der Waals surface area (Å²) in [7, 11) is -4.21. The molecular formula is C7H15F3N2O3S. The standard InChI is InChI=1S/C7H15F3N2O3S/c1-6(2)12(3-4-13)16(14,15)11-5-7(8,9)10/h6,11,13H,3-5H2,1-2H3. The molecule has 0 radical (unpaired) electrons. The van der Waals surface area contributed by atoms with Crippen molar-refractivity contribution in [1.82, 2.24) is 9.03 Å². The highest BCUT2D eigenvalue weighted by Crippen LogP contribution is 2.14. The van der Waals surface area contributed by atoms with Crippen molar-refractivity contribution in [2.24, 2.45) is 0 Å². The van der Waals surface area contributed by atoms with Crippen LogP contribution in [0.3, 0.4) is 0 Å². The highest BCUT2D eigenvalue weighted by molar-refractivity contribution is 7.87. The van der Waals surface area contributed by atoms with Gasteiger partial charge in [-0.25, -0.2) is 0 Å². The largest absolute Gasteiger partial charge is 0.402 e. The second kappa shape index (κ2) is 5.80. The van der Waals surface area contributed by atoms with Gasteiger partial charge in [-0.05, 0) is 13.8 Å². The normalized spacial score (nSPS) is 13.8. The minimum Gasteiger partial charge on any atom is -0.395 e. The molecule has 2 N–H and O–H groups in total. The molecule has 98 valence electrons. The summed E-state index contributed by atoms with van der Waals surface area (Å²) in [6.45, 7) is 0.685. The molecule has 0 aromatic rings. The number of nitrogens with one attached hydrogen (secondary N) is 1. The van der Waals surface area contributed by atoms with E-state index in [2.05, 4.69) is 0 Å². The van der Waals surface area contributed by atoms with E-state index in [-0.39, 0.29) is 6.54 Å². The summed E-state index contributed by atoms with van der Waals surface area (Å²) in [5, 5.41) is 8.62. The average molecular weight is 264 g/mol. The molecule has 0 aromatic carbocycles. The molecule has 0 atom stereocenters. The van der Waals surface area contributed by atoms with Gasteiger partial charge in [0.1, 0.15) is 6.54 Å². The highest BCUT2D eigenvalue weighted by atomic mass is 32.2. The summed E-state index contributed by atoms with van der Waals surface area (Å²) in [4.78, 5) is 0. The van der Waals surface area contributed by atoms with Crippen LogP contribution in [0.15, 0.2) is 0 Å². The van der Waals surface area contributed by atoms with Crippen LogP contribution in [0.2, 0.25) is 0 Å². The van der Waals surface area contributed by atoms with Crippen LogP contribution in [0.5, 0.6) is 0 Å². The van der Waals surface area contributed by atoms with E-state index in [0.29, 0.717) is 0 Å². The van der Waals surface area contributed by atoms with Gasteiger partial charge in [0.2, 0.25) is 0 Å². The molecule has 0 aromatic heterocycles. The van der Waals surface area contributed by atoms with Crippen LogP contribution in [0, 0.1) is 0 Å². The summed E-state index contributed by atoms with van der Waals surface area (Å²) in [6.07, 6.45) is -4.60. The lowest BCUT2D eigenvalue weighted by Gasteiger charge is -2.25. The summed E-state index contributed by atoms with van der Waals surface area (Å²) >= 11 is 0. The lowest BCUT2D eigenvalue weighted by atomic mass is 10.4. The Hall–Kier alpha value is -0.380. The Kier molecular flexibility index (Phi) is 5.66. The van der Waals surface area contributed by atoms with E-state index >= 15 is 0 Å². The molecular weight excluding hydrogens is 249 g/mol. The molecule has 0 aliphatic rings. The molecule has 0 saturated heterocycles. The van der Waals surface area contributed by atoms with Gasteiger partial charge in [0.05, 0.1) is 6.61 Å². The molecule has 5 nitrogen and oxygen atoms in total. The van der Waals surface area contributed by atoms with Gasteiger partial charge in [-0.15, -0.1) is 0 Å². The van der Waals surface area contributed by atoms with Crippen LogP contribution < -0.4 is 4.72 Å². The summed E-state index contributed by atoms with van der Waals surface area (Å²) in [5.74, 6) is 0. The molecule has 0 aliphatic heterocycles. The lowest BCUT2D eigenvalue weighted by Crippen LogP contribution is -2.48. The first kappa shape index (κ1) is 15.6. The minimum atomic E-state index is -4.60. The maximum Gasteiger partial charge on any atom is 0.402 e. The second-order valence-electron chi connectivity index (χ2n) is 3.37. The Morgan fingerprint density at radius 1 is 1.38 bits per heavy atom. The van der Waals surface area contributed by atoms with Gasteiger partial charge in [-0.3, -0.25) is 0 Å². The predicted octanol–water partition coefficient (Wildman–Crippen LogP) is 0.0858. The van der Waals surface area contributed by atoms with E-state index < -0.39 is 35.6 Å². The van der Waals surface area contributed by atoms with Crippen LogP contribution in [0.25, 0.3) is 0 Å². The van der Waals surface area contributed by atoms with E-state index in [9.17, 15) is 21.6 Å². The fourth-order valence-electron chi connectivity index (χ4n) is 1.01. The molecule has 0 rings (SSSR count). The first-order chi connectivity index (χ1) is 7.10. The van der Waals surface area contributed by atoms with Gasteiger partial charge in [-0.1, -0.05) is 0 Å². The number of rotatable bonds is 6. The van der Waals surface area contributed by atoms with Gasteiger partial charge >= 0.3 is 6.18 Å². The van der Waals surface area contributed by atoms with Crippen LogP contribution in [-0.4, -0.2) is 49.7 Å². The maximum atomic E-state index is 11.8. The SMILES string of the molecule is CC(C)N(CCO)S(=O)(=O)NCC(F)(F)F. The van der Waals surface area contributed by atoms with Gasteiger partial charge in [-0.2, -0.15) is 30.6 Å². The van der Waals surface area contributed by atoms with E-state index in [1.807, 2.05) is 0 Å². The van der Waals surface area contributed by atoms with E-state index in [1.54, 1.807) is 0 Å². The summed E-state index contributed by atoms with van der Waals surface area (Å²) < 4.78 is 60.5. The monoisotopic (exact) mass is 264 g/mol. The van der Waals surface area contributed by atoms with Crippen LogP contribution in [0.4, 0.5) is 13.2 Å². The average Bonchev–Trinajstić information content (AvgIpc) is 2.09. The number of hydrogen-bond acceptors (Lipinski definition) is 3. The first-order valence-corrected chi connectivity index (χ1v) is 5.98. The quantitative estimate of drug-likeness (QED) is 0.714. The molecule has 0 heterocycles. The van der Waals surface area contributed by atoms with Crippen molar-refractivity contribution >= 4 is 10.2 Å². The van der Waals surface area contributed by atoms with Crippen LogP contribution >= 0.6 is 0 Å². The van der Waals surface area contributed by atoms with Gasteiger partial charge in [0, 0.05) is 12.6 Å². The van der Waals surface area contributed by atoms with Crippen molar-refractivity contribution in [1.29, 1.82) is 0 Å². The van der Waals surface area contributed by atoms with Crippen molar-refractivity contribution in [3.05, 3.63) is 0 Å². The Balaban J connectivity index is 4.61. The van der Waals surface area contributed by atoms with E-state index in [4.69, 9.17) is 5.11 Å². The third kappa shape index (κ3) is 5.64. The number of aliphatic hydroxyl groups is 1. The molecule has 0 unspecified atom stereocenters. The van der Waals surface area contributed by atoms with Crippen molar-refractivity contribution < 1.29 is 26.7 Å². The zero-order valence-electron chi connectivity index (χ0n) is 8.95. The molecule has 0 spiro atoms. The zero-order valence-corrected chi connectivity index (χ0v) is 9.77. The molecule has 0 aliphatic carbocycles. The smallest absolute Gasteiger partial charge is 0.395 e.